The largest absolute Gasteiger partial charge is 0.480 e. The summed E-state index contributed by atoms with van der Waals surface area (Å²) < 4.78 is 32.5. The van der Waals surface area contributed by atoms with E-state index in [-0.39, 0.29) is 19.4 Å². The maximum absolute atomic E-state index is 12.5. The number of phosphoric acid groups is 1. The van der Waals surface area contributed by atoms with Crippen LogP contribution in [0.15, 0.2) is 60.8 Å². The highest BCUT2D eigenvalue weighted by atomic mass is 31.2. The fourth-order valence-electron chi connectivity index (χ4n) is 4.62. The fourth-order valence-corrected chi connectivity index (χ4v) is 5.40. The number of phosphoric ester groups is 1. The fraction of sp³-hybridized carbons (Fsp3) is 0.675. The van der Waals surface area contributed by atoms with Crippen molar-refractivity contribution in [3.05, 3.63) is 60.8 Å². The molecule has 0 aliphatic rings. The van der Waals surface area contributed by atoms with E-state index >= 15 is 0 Å². The zero-order valence-corrected chi connectivity index (χ0v) is 32.8. The zero-order valence-electron chi connectivity index (χ0n) is 31.9. The van der Waals surface area contributed by atoms with E-state index in [1.54, 1.807) is 0 Å². The van der Waals surface area contributed by atoms with Gasteiger partial charge < -0.3 is 25.2 Å². The summed E-state index contributed by atoms with van der Waals surface area (Å²) in [5, 5.41) is 8.85. The Labute approximate surface area is 313 Å². The van der Waals surface area contributed by atoms with Gasteiger partial charge in [0.15, 0.2) is 6.10 Å². The quantitative estimate of drug-likeness (QED) is 0.0244. The van der Waals surface area contributed by atoms with Gasteiger partial charge in [-0.15, -0.1) is 0 Å². The molecule has 12 heteroatoms. The number of carboxylic acids is 1. The Morgan fingerprint density at radius 2 is 1.06 bits per heavy atom. The summed E-state index contributed by atoms with van der Waals surface area (Å²) in [6.45, 7) is 2.63. The number of carbonyl (C=O) groups is 3. The number of ether oxygens (including phenoxy) is 2. The van der Waals surface area contributed by atoms with Gasteiger partial charge in [-0.25, -0.2) is 4.57 Å². The van der Waals surface area contributed by atoms with Crippen molar-refractivity contribution < 1.29 is 47.5 Å². The molecule has 0 aromatic heterocycles. The molecule has 0 bridgehead atoms. The molecule has 0 radical (unpaired) electrons. The van der Waals surface area contributed by atoms with Crippen LogP contribution in [0.2, 0.25) is 0 Å². The van der Waals surface area contributed by atoms with Gasteiger partial charge in [0, 0.05) is 12.8 Å². The average molecular weight is 754 g/mol. The average Bonchev–Trinajstić information content (AvgIpc) is 3.12. The third-order valence-corrected chi connectivity index (χ3v) is 8.69. The van der Waals surface area contributed by atoms with Gasteiger partial charge in [0.2, 0.25) is 0 Å². The third kappa shape index (κ3) is 34.3. The standard InChI is InChI=1S/C40H68NO10P/c1-3-5-7-9-11-13-15-16-17-18-19-20-22-23-25-27-29-31-38(42)48-33-36(34-49-52(46,47)50-35-37(41)40(44)45)51-39(43)32-30-28-26-24-21-14-12-10-8-6-4-2/h10-13,16-17,19-20,23,25,36-37H,3-9,14-15,18,21-22,24,26-35,41H2,1-2H3,(H,44,45)(H,46,47). The van der Waals surface area contributed by atoms with Crippen molar-refractivity contribution in [2.24, 2.45) is 5.73 Å². The van der Waals surface area contributed by atoms with Crippen LogP contribution in [0.5, 0.6) is 0 Å². The van der Waals surface area contributed by atoms with Gasteiger partial charge in [-0.2, -0.15) is 0 Å². The van der Waals surface area contributed by atoms with E-state index in [4.69, 9.17) is 24.8 Å². The molecule has 0 fully saturated rings. The number of hydrogen-bond donors (Lipinski definition) is 3. The number of rotatable bonds is 35. The Morgan fingerprint density at radius 1 is 0.596 bits per heavy atom. The lowest BCUT2D eigenvalue weighted by Gasteiger charge is -2.20. The molecule has 3 unspecified atom stereocenters. The van der Waals surface area contributed by atoms with E-state index in [1.165, 1.54) is 32.1 Å². The second-order valence-corrected chi connectivity index (χ2v) is 14.2. The molecule has 0 amide bonds. The van der Waals surface area contributed by atoms with E-state index in [1.807, 2.05) is 12.2 Å². The second kappa shape index (κ2) is 35.2. The second-order valence-electron chi connectivity index (χ2n) is 12.7. The summed E-state index contributed by atoms with van der Waals surface area (Å²) in [5.41, 5.74) is 5.31. The van der Waals surface area contributed by atoms with E-state index in [2.05, 4.69) is 67.0 Å². The highest BCUT2D eigenvalue weighted by Crippen LogP contribution is 2.43. The summed E-state index contributed by atoms with van der Waals surface area (Å²) in [5.74, 6) is -2.47. The predicted octanol–water partition coefficient (Wildman–Crippen LogP) is 9.61. The number of carbonyl (C=O) groups excluding carboxylic acids is 2. The number of aliphatic carboxylic acids is 1. The molecule has 0 aromatic rings. The highest BCUT2D eigenvalue weighted by Gasteiger charge is 2.28. The first-order valence-corrected chi connectivity index (χ1v) is 20.8. The minimum atomic E-state index is -4.73. The first kappa shape index (κ1) is 49.2. The number of nitrogens with two attached hydrogens (primary N) is 1. The lowest BCUT2D eigenvalue weighted by molar-refractivity contribution is -0.161. The first-order valence-electron chi connectivity index (χ1n) is 19.3. The molecule has 0 aliphatic carbocycles. The summed E-state index contributed by atoms with van der Waals surface area (Å²) >= 11 is 0. The van der Waals surface area contributed by atoms with Gasteiger partial charge in [-0.05, 0) is 70.6 Å². The Kier molecular flexibility index (Phi) is 33.3. The Hall–Kier alpha value is -2.82. The summed E-state index contributed by atoms with van der Waals surface area (Å²) in [6, 6.07) is -1.53. The SMILES string of the molecule is CCCCC=CCCCCCCCC(=O)OC(COC(=O)CCCC=CCC=CCC=CCC=CCCCCC)COP(=O)(O)OCC(N)C(=O)O. The number of unbranched alkanes of at least 4 members (excludes halogenated alkanes) is 11. The van der Waals surface area contributed by atoms with Gasteiger partial charge in [0.25, 0.3) is 0 Å². The van der Waals surface area contributed by atoms with Crippen molar-refractivity contribution in [2.45, 2.75) is 154 Å². The lowest BCUT2D eigenvalue weighted by atomic mass is 10.1. The lowest BCUT2D eigenvalue weighted by Crippen LogP contribution is -2.34. The molecule has 0 aliphatic heterocycles. The van der Waals surface area contributed by atoms with Gasteiger partial charge in [-0.3, -0.25) is 23.4 Å². The normalized spacial score (nSPS) is 14.5. The van der Waals surface area contributed by atoms with Crippen LogP contribution in [0.25, 0.3) is 0 Å². The van der Waals surface area contributed by atoms with E-state index in [0.29, 0.717) is 19.3 Å². The van der Waals surface area contributed by atoms with Crippen molar-refractivity contribution in [2.75, 3.05) is 19.8 Å². The zero-order chi connectivity index (χ0) is 38.5. The summed E-state index contributed by atoms with van der Waals surface area (Å²) in [7, 11) is -4.73. The molecule has 0 saturated heterocycles. The van der Waals surface area contributed by atoms with Crippen LogP contribution < -0.4 is 5.73 Å². The first-order chi connectivity index (χ1) is 25.1. The van der Waals surface area contributed by atoms with Crippen molar-refractivity contribution in [3.8, 4) is 0 Å². The molecule has 11 nitrogen and oxygen atoms in total. The molecule has 0 heterocycles. The summed E-state index contributed by atoms with van der Waals surface area (Å²) in [4.78, 5) is 45.7. The molecule has 3 atom stereocenters. The van der Waals surface area contributed by atoms with Crippen LogP contribution in [0.1, 0.15) is 142 Å². The Balaban J connectivity index is 4.54. The summed E-state index contributed by atoms with van der Waals surface area (Å²) in [6.07, 6.45) is 38.7. The predicted molar refractivity (Wildman–Crippen MR) is 208 cm³/mol. The minimum Gasteiger partial charge on any atom is -0.480 e. The van der Waals surface area contributed by atoms with Crippen LogP contribution in [0.3, 0.4) is 0 Å². The number of esters is 2. The van der Waals surface area contributed by atoms with Gasteiger partial charge in [-0.1, -0.05) is 120 Å². The monoisotopic (exact) mass is 753 g/mol. The highest BCUT2D eigenvalue weighted by molar-refractivity contribution is 7.47. The maximum atomic E-state index is 12.5. The minimum absolute atomic E-state index is 0.136. The molecule has 0 saturated carbocycles. The van der Waals surface area contributed by atoms with Crippen molar-refractivity contribution in [1.82, 2.24) is 0 Å². The third-order valence-electron chi connectivity index (χ3n) is 7.74. The van der Waals surface area contributed by atoms with Gasteiger partial charge >= 0.3 is 25.7 Å². The van der Waals surface area contributed by atoms with Crippen LogP contribution >= 0.6 is 7.82 Å². The van der Waals surface area contributed by atoms with Gasteiger partial charge in [0.1, 0.15) is 12.6 Å². The van der Waals surface area contributed by atoms with Crippen LogP contribution in [0.4, 0.5) is 0 Å². The van der Waals surface area contributed by atoms with Crippen molar-refractivity contribution >= 4 is 25.7 Å². The Morgan fingerprint density at radius 3 is 1.65 bits per heavy atom. The molecule has 298 valence electrons. The molecule has 0 aromatic carbocycles. The van der Waals surface area contributed by atoms with Gasteiger partial charge in [0.05, 0.1) is 13.2 Å². The van der Waals surface area contributed by atoms with Crippen LogP contribution in [0, 0.1) is 0 Å². The Bertz CT molecular complexity index is 1120. The van der Waals surface area contributed by atoms with Crippen LogP contribution in [-0.4, -0.2) is 59.9 Å². The number of carboxylic acid groups (broad SMARTS) is 1. The van der Waals surface area contributed by atoms with E-state index in [0.717, 1.165) is 64.2 Å². The molecule has 4 N–H and O–H groups in total. The molecule has 0 rings (SSSR count). The number of hydrogen-bond acceptors (Lipinski definition) is 9. The van der Waals surface area contributed by atoms with Crippen LogP contribution in [-0.2, 0) is 37.5 Å². The number of allylic oxidation sites excluding steroid dienone is 10. The molecular formula is C40H68NO10P. The maximum Gasteiger partial charge on any atom is 0.472 e. The van der Waals surface area contributed by atoms with Crippen molar-refractivity contribution in [1.29, 1.82) is 0 Å². The molecular weight excluding hydrogens is 685 g/mol. The topological polar surface area (TPSA) is 172 Å². The van der Waals surface area contributed by atoms with Crippen molar-refractivity contribution in [3.63, 3.8) is 0 Å². The smallest absolute Gasteiger partial charge is 0.472 e. The van der Waals surface area contributed by atoms with E-state index in [9.17, 15) is 23.8 Å². The molecule has 52 heavy (non-hydrogen) atoms. The van der Waals surface area contributed by atoms with E-state index < -0.39 is 51.1 Å². The molecule has 0 spiro atoms.